The van der Waals surface area contributed by atoms with Gasteiger partial charge in [0.1, 0.15) is 5.60 Å². The van der Waals surface area contributed by atoms with Crippen LogP contribution < -0.4 is 9.47 Å². The fourth-order valence-electron chi connectivity index (χ4n) is 4.76. The molecule has 2 aromatic heterocycles. The molecule has 0 spiro atoms. The van der Waals surface area contributed by atoms with Gasteiger partial charge in [-0.25, -0.2) is 9.97 Å². The van der Waals surface area contributed by atoms with Crippen molar-refractivity contribution in [1.82, 2.24) is 14.9 Å². The molecule has 0 amide bonds. The van der Waals surface area contributed by atoms with E-state index in [4.69, 9.17) is 14.5 Å². The van der Waals surface area contributed by atoms with Crippen molar-refractivity contribution >= 4 is 26.8 Å². The third-order valence-corrected chi connectivity index (χ3v) is 7.01. The Balaban J connectivity index is 2.07. The number of aromatic nitrogens is 2. The lowest BCUT2D eigenvalue weighted by Gasteiger charge is -2.39. The summed E-state index contributed by atoms with van der Waals surface area (Å²) in [5, 5.41) is 13.7. The van der Waals surface area contributed by atoms with Gasteiger partial charge >= 0.3 is 0 Å². The Kier molecular flexibility index (Phi) is 7.93. The molecule has 0 aliphatic heterocycles. The second-order valence-corrected chi connectivity index (χ2v) is 10.2. The van der Waals surface area contributed by atoms with E-state index in [9.17, 15) is 5.11 Å². The molecule has 6 nitrogen and oxygen atoms in total. The molecule has 36 heavy (non-hydrogen) atoms. The summed E-state index contributed by atoms with van der Waals surface area (Å²) in [6, 6.07) is 19.8. The predicted molar refractivity (Wildman–Crippen MR) is 147 cm³/mol. The van der Waals surface area contributed by atoms with Gasteiger partial charge in [-0.1, -0.05) is 51.8 Å². The Morgan fingerprint density at radius 1 is 0.972 bits per heavy atom. The van der Waals surface area contributed by atoms with E-state index in [1.54, 1.807) is 20.4 Å². The monoisotopic (exact) mass is 549 g/mol. The Bertz CT molecular complexity index is 1360. The van der Waals surface area contributed by atoms with Crippen molar-refractivity contribution in [2.75, 3.05) is 34.9 Å². The first-order chi connectivity index (χ1) is 17.3. The van der Waals surface area contributed by atoms with Crippen LogP contribution in [0.1, 0.15) is 34.6 Å². The lowest BCUT2D eigenvalue weighted by molar-refractivity contribution is 0.00303. The molecule has 0 fully saturated rings. The summed E-state index contributed by atoms with van der Waals surface area (Å²) >= 11 is 3.58. The average Bonchev–Trinajstić information content (AvgIpc) is 2.87. The molecule has 4 rings (SSSR count). The number of halogens is 1. The number of fused-ring (bicyclic) bond motifs is 1. The summed E-state index contributed by atoms with van der Waals surface area (Å²) in [5.74, 6) is 0.334. The van der Waals surface area contributed by atoms with E-state index in [0.717, 1.165) is 37.6 Å². The molecule has 0 radical (unpaired) electrons. The van der Waals surface area contributed by atoms with E-state index in [1.807, 2.05) is 75.6 Å². The molecule has 1 N–H and O–H groups in total. The summed E-state index contributed by atoms with van der Waals surface area (Å²) in [5.41, 5.74) is 2.90. The van der Waals surface area contributed by atoms with E-state index < -0.39 is 11.5 Å². The van der Waals surface area contributed by atoms with Gasteiger partial charge in [0.25, 0.3) is 0 Å². The van der Waals surface area contributed by atoms with Gasteiger partial charge < -0.3 is 19.5 Å². The SMILES string of the molecule is COc1ncccc1[C@H](c1cc2cc(Br)ccc2nc1OC)[C@@](O)(CCN(C)C)c1cccc(C)c1. The summed E-state index contributed by atoms with van der Waals surface area (Å²) < 4.78 is 12.5. The largest absolute Gasteiger partial charge is 0.481 e. The average molecular weight is 550 g/mol. The lowest BCUT2D eigenvalue weighted by Crippen LogP contribution is -2.38. The maximum Gasteiger partial charge on any atom is 0.217 e. The van der Waals surface area contributed by atoms with Crippen LogP contribution in [0.3, 0.4) is 0 Å². The van der Waals surface area contributed by atoms with E-state index in [1.165, 1.54) is 0 Å². The lowest BCUT2D eigenvalue weighted by atomic mass is 9.71. The van der Waals surface area contributed by atoms with Crippen molar-refractivity contribution in [3.8, 4) is 11.8 Å². The number of nitrogens with zero attached hydrogens (tertiary/aromatic N) is 3. The standard InChI is InChI=1S/C29H32BrN3O3/c1-19-8-6-9-21(16-19)29(34,13-15-33(2)3)26(23-10-7-14-31-27(23)35-4)24-18-20-17-22(30)11-12-25(20)32-28(24)36-5/h6-12,14,16-18,26,34H,13,15H2,1-5H3/t26-,29-/m1/s1. The Morgan fingerprint density at radius 3 is 2.44 bits per heavy atom. The zero-order chi connectivity index (χ0) is 25.9. The molecule has 2 heterocycles. The molecule has 0 bridgehead atoms. The fourth-order valence-corrected chi connectivity index (χ4v) is 5.13. The number of aliphatic hydroxyl groups is 1. The highest BCUT2D eigenvalue weighted by atomic mass is 79.9. The zero-order valence-corrected chi connectivity index (χ0v) is 22.9. The van der Waals surface area contributed by atoms with Crippen LogP contribution >= 0.6 is 15.9 Å². The van der Waals surface area contributed by atoms with Gasteiger partial charge in [0.15, 0.2) is 0 Å². The number of hydrogen-bond donors (Lipinski definition) is 1. The minimum Gasteiger partial charge on any atom is -0.481 e. The van der Waals surface area contributed by atoms with Gasteiger partial charge in [0.2, 0.25) is 11.8 Å². The summed E-state index contributed by atoms with van der Waals surface area (Å²) in [6.45, 7) is 2.70. The van der Waals surface area contributed by atoms with E-state index in [2.05, 4.69) is 31.9 Å². The molecule has 7 heteroatoms. The van der Waals surface area contributed by atoms with Crippen LogP contribution in [-0.4, -0.2) is 54.8 Å². The van der Waals surface area contributed by atoms with Crippen LogP contribution in [0, 0.1) is 6.92 Å². The molecule has 4 aromatic rings. The van der Waals surface area contributed by atoms with E-state index in [0.29, 0.717) is 24.7 Å². The quantitative estimate of drug-likeness (QED) is 0.289. The predicted octanol–water partition coefficient (Wildman–Crippen LogP) is 5.69. The molecule has 0 unspecified atom stereocenters. The maximum atomic E-state index is 12.8. The topological polar surface area (TPSA) is 67.7 Å². The Labute approximate surface area is 221 Å². The molecule has 0 saturated carbocycles. The molecule has 2 aromatic carbocycles. The smallest absolute Gasteiger partial charge is 0.217 e. The van der Waals surface area contributed by atoms with Crippen LogP contribution in [-0.2, 0) is 5.60 Å². The van der Waals surface area contributed by atoms with Gasteiger partial charge in [-0.2, -0.15) is 0 Å². The molecule has 0 saturated heterocycles. The fraction of sp³-hybridized carbons (Fsp3) is 0.310. The highest BCUT2D eigenvalue weighted by molar-refractivity contribution is 9.10. The minimum atomic E-state index is -1.32. The number of benzene rings is 2. The third kappa shape index (κ3) is 5.24. The summed E-state index contributed by atoms with van der Waals surface area (Å²) in [7, 11) is 7.22. The number of pyridine rings is 2. The Hall–Kier alpha value is -3.00. The van der Waals surface area contributed by atoms with Crippen molar-refractivity contribution < 1.29 is 14.6 Å². The molecular weight excluding hydrogens is 518 g/mol. The second-order valence-electron chi connectivity index (χ2n) is 9.31. The molecule has 0 aliphatic carbocycles. The number of methoxy groups -OCH3 is 2. The van der Waals surface area contributed by atoms with Crippen molar-refractivity contribution in [1.29, 1.82) is 0 Å². The van der Waals surface area contributed by atoms with E-state index >= 15 is 0 Å². The minimum absolute atomic E-state index is 0.454. The number of rotatable bonds is 9. The van der Waals surface area contributed by atoms with Gasteiger partial charge in [0, 0.05) is 33.7 Å². The van der Waals surface area contributed by atoms with Crippen molar-refractivity contribution in [2.45, 2.75) is 24.9 Å². The van der Waals surface area contributed by atoms with Crippen molar-refractivity contribution in [3.63, 3.8) is 0 Å². The van der Waals surface area contributed by atoms with Gasteiger partial charge in [0.05, 0.1) is 25.7 Å². The van der Waals surface area contributed by atoms with Crippen molar-refractivity contribution in [3.05, 3.63) is 93.6 Å². The Morgan fingerprint density at radius 2 is 1.75 bits per heavy atom. The zero-order valence-electron chi connectivity index (χ0n) is 21.3. The summed E-state index contributed by atoms with van der Waals surface area (Å²) in [4.78, 5) is 11.4. The highest BCUT2D eigenvalue weighted by Crippen LogP contribution is 2.49. The van der Waals surface area contributed by atoms with Crippen LogP contribution in [0.25, 0.3) is 10.9 Å². The van der Waals surface area contributed by atoms with Gasteiger partial charge in [-0.05, 0) is 63.3 Å². The number of ether oxygens (including phenoxy) is 2. The molecule has 188 valence electrons. The maximum absolute atomic E-state index is 12.8. The molecular formula is C29H32BrN3O3. The summed E-state index contributed by atoms with van der Waals surface area (Å²) in [6.07, 6.45) is 2.16. The van der Waals surface area contributed by atoms with Crippen LogP contribution in [0.15, 0.2) is 71.3 Å². The molecule has 0 aliphatic rings. The van der Waals surface area contributed by atoms with Crippen LogP contribution in [0.4, 0.5) is 0 Å². The van der Waals surface area contributed by atoms with E-state index in [-0.39, 0.29) is 0 Å². The normalized spacial score (nSPS) is 14.0. The van der Waals surface area contributed by atoms with Crippen LogP contribution in [0.2, 0.25) is 0 Å². The number of aryl methyl sites for hydroxylation is 1. The third-order valence-electron chi connectivity index (χ3n) is 6.51. The number of hydrogen-bond acceptors (Lipinski definition) is 6. The van der Waals surface area contributed by atoms with Crippen LogP contribution in [0.5, 0.6) is 11.8 Å². The van der Waals surface area contributed by atoms with Gasteiger partial charge in [-0.3, -0.25) is 0 Å². The second kappa shape index (κ2) is 10.9. The van der Waals surface area contributed by atoms with Crippen molar-refractivity contribution in [2.24, 2.45) is 0 Å². The molecule has 2 atom stereocenters. The first-order valence-corrected chi connectivity index (χ1v) is 12.6. The first kappa shape index (κ1) is 26.1. The van der Waals surface area contributed by atoms with Gasteiger partial charge in [-0.15, -0.1) is 0 Å². The first-order valence-electron chi connectivity index (χ1n) is 11.8. The highest BCUT2D eigenvalue weighted by Gasteiger charge is 2.44.